The Bertz CT molecular complexity index is 963. The molecule has 0 fully saturated rings. The van der Waals surface area contributed by atoms with Crippen LogP contribution in [0.25, 0.3) is 0 Å². The van der Waals surface area contributed by atoms with E-state index in [4.69, 9.17) is 16.2 Å². The number of aromatic nitrogens is 3. The number of nitrogens with two attached hydrogens (primary N) is 2. The summed E-state index contributed by atoms with van der Waals surface area (Å²) in [5.74, 6) is 0.326. The lowest BCUT2D eigenvalue weighted by Crippen LogP contribution is -2.20. The zero-order valence-electron chi connectivity index (χ0n) is 15.4. The molecule has 28 heavy (non-hydrogen) atoms. The molecule has 1 heterocycles. The van der Waals surface area contributed by atoms with Gasteiger partial charge in [0.15, 0.2) is 5.16 Å². The van der Waals surface area contributed by atoms with Crippen LogP contribution in [0, 0.1) is 6.92 Å². The molecular formula is C19H20N6O2S. The number of nitrogens with zero attached hydrogens (tertiary/aromatic N) is 3. The van der Waals surface area contributed by atoms with Crippen LogP contribution in [0.4, 0.5) is 17.6 Å². The predicted molar refractivity (Wildman–Crippen MR) is 110 cm³/mol. The number of methoxy groups -OCH3 is 1. The molecule has 3 aromatic rings. The van der Waals surface area contributed by atoms with E-state index in [0.29, 0.717) is 11.4 Å². The van der Waals surface area contributed by atoms with Crippen LogP contribution in [0.1, 0.15) is 16.4 Å². The first-order chi connectivity index (χ1) is 13.5. The van der Waals surface area contributed by atoms with Gasteiger partial charge in [0, 0.05) is 0 Å². The molecule has 5 N–H and O–H groups in total. The fraction of sp³-hybridized carbons (Fsp3) is 0.158. The fourth-order valence-electron chi connectivity index (χ4n) is 2.57. The van der Waals surface area contributed by atoms with E-state index in [1.54, 1.807) is 7.11 Å². The molecule has 0 spiro atoms. The van der Waals surface area contributed by atoms with Crippen molar-refractivity contribution in [3.05, 3.63) is 59.7 Å². The number of rotatable bonds is 6. The Morgan fingerprint density at radius 1 is 1.07 bits per heavy atom. The number of hydrogen-bond acceptors (Lipinski definition) is 8. The lowest BCUT2D eigenvalue weighted by Gasteiger charge is -2.18. The number of ether oxygens (including phenoxy) is 1. The molecule has 0 unspecified atom stereocenters. The van der Waals surface area contributed by atoms with E-state index < -0.39 is 5.25 Å². The molecule has 0 saturated heterocycles. The smallest absolute Gasteiger partial charge is 0.242 e. The summed E-state index contributed by atoms with van der Waals surface area (Å²) in [6.45, 7) is 1.94. The van der Waals surface area contributed by atoms with Crippen molar-refractivity contribution < 1.29 is 9.53 Å². The second kappa shape index (κ2) is 8.57. The van der Waals surface area contributed by atoms with E-state index in [1.807, 2.05) is 55.5 Å². The molecular weight excluding hydrogens is 376 g/mol. The van der Waals surface area contributed by atoms with E-state index in [9.17, 15) is 4.79 Å². The van der Waals surface area contributed by atoms with Crippen molar-refractivity contribution in [1.29, 1.82) is 0 Å². The highest BCUT2D eigenvalue weighted by molar-refractivity contribution is 8.00. The van der Waals surface area contributed by atoms with Crippen molar-refractivity contribution in [3.8, 4) is 5.75 Å². The van der Waals surface area contributed by atoms with Crippen LogP contribution >= 0.6 is 11.8 Å². The zero-order chi connectivity index (χ0) is 20.1. The summed E-state index contributed by atoms with van der Waals surface area (Å²) in [4.78, 5) is 25.0. The van der Waals surface area contributed by atoms with Gasteiger partial charge in [0.1, 0.15) is 11.0 Å². The van der Waals surface area contributed by atoms with Gasteiger partial charge in [0.25, 0.3) is 0 Å². The number of amides is 1. The quantitative estimate of drug-likeness (QED) is 0.543. The van der Waals surface area contributed by atoms with Gasteiger partial charge in [-0.3, -0.25) is 4.79 Å². The number of thioether (sulfide) groups is 1. The first kappa shape index (κ1) is 19.4. The standard InChI is InChI=1S/C19H20N6O2S/c1-11-8-9-14(27-2)13(10-11)22-16(26)15(12-6-4-3-5-7-12)28-19-24-17(20)23-18(21)25-19/h3-10,15H,1-2H3,(H,22,26)(H4,20,21,23,24,25)/t15-/m1/s1. The molecule has 1 aromatic heterocycles. The second-order valence-electron chi connectivity index (χ2n) is 5.94. The van der Waals surface area contributed by atoms with Gasteiger partial charge < -0.3 is 21.5 Å². The lowest BCUT2D eigenvalue weighted by molar-refractivity contribution is -0.115. The van der Waals surface area contributed by atoms with Crippen molar-refractivity contribution in [2.45, 2.75) is 17.3 Å². The molecule has 8 nitrogen and oxygen atoms in total. The zero-order valence-corrected chi connectivity index (χ0v) is 16.2. The van der Waals surface area contributed by atoms with Crippen molar-refractivity contribution in [2.24, 2.45) is 0 Å². The molecule has 1 amide bonds. The number of nitrogens with one attached hydrogen (secondary N) is 1. The Morgan fingerprint density at radius 2 is 1.75 bits per heavy atom. The normalized spacial score (nSPS) is 11.6. The largest absolute Gasteiger partial charge is 0.495 e. The maximum absolute atomic E-state index is 13.1. The monoisotopic (exact) mass is 396 g/mol. The summed E-state index contributed by atoms with van der Waals surface area (Å²) in [6.07, 6.45) is 0. The summed E-state index contributed by atoms with van der Waals surface area (Å²) in [7, 11) is 1.56. The summed E-state index contributed by atoms with van der Waals surface area (Å²) in [5, 5.41) is 2.57. The Balaban J connectivity index is 1.93. The second-order valence-corrected chi connectivity index (χ2v) is 7.01. The van der Waals surface area contributed by atoms with Crippen LogP contribution in [-0.4, -0.2) is 28.0 Å². The Morgan fingerprint density at radius 3 is 2.39 bits per heavy atom. The molecule has 0 bridgehead atoms. The van der Waals surface area contributed by atoms with E-state index >= 15 is 0 Å². The summed E-state index contributed by atoms with van der Waals surface area (Å²) >= 11 is 1.14. The molecule has 0 aliphatic rings. The number of carbonyl (C=O) groups is 1. The van der Waals surface area contributed by atoms with Crippen LogP contribution in [0.2, 0.25) is 0 Å². The number of nitrogen functional groups attached to an aromatic ring is 2. The number of aryl methyl sites for hydroxylation is 1. The first-order valence-corrected chi connectivity index (χ1v) is 9.28. The highest BCUT2D eigenvalue weighted by atomic mass is 32.2. The Kier molecular flexibility index (Phi) is 5.95. The Hall–Kier alpha value is -3.33. The average Bonchev–Trinajstić information content (AvgIpc) is 2.66. The van der Waals surface area contributed by atoms with Gasteiger partial charge in [-0.2, -0.15) is 15.0 Å². The first-order valence-electron chi connectivity index (χ1n) is 8.40. The third-order valence-corrected chi connectivity index (χ3v) is 4.94. The molecule has 0 radical (unpaired) electrons. The van der Waals surface area contributed by atoms with Gasteiger partial charge in [-0.15, -0.1) is 0 Å². The van der Waals surface area contributed by atoms with Crippen molar-refractivity contribution in [2.75, 3.05) is 23.9 Å². The molecule has 9 heteroatoms. The lowest BCUT2D eigenvalue weighted by atomic mass is 10.1. The molecule has 0 aliphatic heterocycles. The van der Waals surface area contributed by atoms with Crippen LogP contribution in [-0.2, 0) is 4.79 Å². The van der Waals surface area contributed by atoms with Crippen LogP contribution < -0.4 is 21.5 Å². The number of hydrogen-bond donors (Lipinski definition) is 3. The van der Waals surface area contributed by atoms with Crippen LogP contribution in [0.3, 0.4) is 0 Å². The van der Waals surface area contributed by atoms with E-state index in [0.717, 1.165) is 22.9 Å². The number of benzene rings is 2. The van der Waals surface area contributed by atoms with Crippen LogP contribution in [0.15, 0.2) is 53.7 Å². The number of anilines is 3. The van der Waals surface area contributed by atoms with E-state index in [1.165, 1.54) is 0 Å². The minimum absolute atomic E-state index is 0.00238. The van der Waals surface area contributed by atoms with E-state index in [2.05, 4.69) is 20.3 Å². The van der Waals surface area contributed by atoms with Gasteiger partial charge in [0.05, 0.1) is 12.8 Å². The SMILES string of the molecule is COc1ccc(C)cc1NC(=O)[C@H](Sc1nc(N)nc(N)n1)c1ccccc1. The highest BCUT2D eigenvalue weighted by Crippen LogP contribution is 2.36. The van der Waals surface area contributed by atoms with Crippen LogP contribution in [0.5, 0.6) is 5.75 Å². The van der Waals surface area contributed by atoms with Crippen molar-refractivity contribution in [3.63, 3.8) is 0 Å². The average molecular weight is 396 g/mol. The van der Waals surface area contributed by atoms with Gasteiger partial charge >= 0.3 is 0 Å². The fourth-order valence-corrected chi connectivity index (χ4v) is 3.53. The van der Waals surface area contributed by atoms with Gasteiger partial charge in [0.2, 0.25) is 17.8 Å². The molecule has 144 valence electrons. The van der Waals surface area contributed by atoms with Crippen molar-refractivity contribution >= 4 is 35.3 Å². The summed E-state index contributed by atoms with van der Waals surface area (Å²) in [6, 6.07) is 14.9. The minimum Gasteiger partial charge on any atom is -0.495 e. The predicted octanol–water partition coefficient (Wildman–Crippen LogP) is 2.83. The molecule has 0 saturated carbocycles. The summed E-state index contributed by atoms with van der Waals surface area (Å²) < 4.78 is 5.35. The highest BCUT2D eigenvalue weighted by Gasteiger charge is 2.25. The van der Waals surface area contributed by atoms with Gasteiger partial charge in [-0.25, -0.2) is 0 Å². The summed E-state index contributed by atoms with van der Waals surface area (Å²) in [5.41, 5.74) is 13.7. The van der Waals surface area contributed by atoms with E-state index in [-0.39, 0.29) is 23.0 Å². The molecule has 1 atom stereocenters. The Labute approximate surface area is 166 Å². The maximum Gasteiger partial charge on any atom is 0.242 e. The third kappa shape index (κ3) is 4.68. The van der Waals surface area contributed by atoms with Gasteiger partial charge in [-0.1, -0.05) is 48.2 Å². The van der Waals surface area contributed by atoms with Crippen molar-refractivity contribution in [1.82, 2.24) is 15.0 Å². The third-order valence-electron chi connectivity index (χ3n) is 3.83. The molecule has 0 aliphatic carbocycles. The maximum atomic E-state index is 13.1. The number of carbonyl (C=O) groups excluding carboxylic acids is 1. The molecule has 3 rings (SSSR count). The van der Waals surface area contributed by atoms with Gasteiger partial charge in [-0.05, 0) is 30.2 Å². The topological polar surface area (TPSA) is 129 Å². The molecule has 2 aromatic carbocycles. The minimum atomic E-state index is -0.632.